The number of nitrogens with one attached hydrogen (secondary N) is 1. The lowest BCUT2D eigenvalue weighted by Crippen LogP contribution is -2.27. The second-order valence-corrected chi connectivity index (χ2v) is 8.85. The largest absolute Gasteiger partial charge is 0.324 e. The van der Waals surface area contributed by atoms with Gasteiger partial charge in [-0.05, 0) is 30.3 Å². The molecular formula is C23H15BrN4O2S. The molecule has 5 aromatic rings. The Balaban J connectivity index is 1.48. The molecule has 6 nitrogen and oxygen atoms in total. The van der Waals surface area contributed by atoms with Crippen LogP contribution in [0, 0.1) is 0 Å². The number of aromatic nitrogens is 3. The summed E-state index contributed by atoms with van der Waals surface area (Å²) in [5, 5.41) is 3.63. The molecule has 0 bridgehead atoms. The zero-order chi connectivity index (χ0) is 21.4. The van der Waals surface area contributed by atoms with Crippen molar-refractivity contribution in [3.63, 3.8) is 0 Å². The van der Waals surface area contributed by atoms with Crippen molar-refractivity contribution in [1.82, 2.24) is 14.5 Å². The van der Waals surface area contributed by atoms with Crippen LogP contribution >= 0.6 is 27.3 Å². The highest BCUT2D eigenvalue weighted by molar-refractivity contribution is 9.10. The van der Waals surface area contributed by atoms with Gasteiger partial charge in [0.2, 0.25) is 5.91 Å². The third-order valence-corrected chi connectivity index (χ3v) is 6.37. The van der Waals surface area contributed by atoms with E-state index in [4.69, 9.17) is 4.98 Å². The molecule has 0 aliphatic rings. The Morgan fingerprint density at radius 2 is 1.90 bits per heavy atom. The first-order chi connectivity index (χ1) is 15.1. The number of fused-ring (bicyclic) bond motifs is 3. The van der Waals surface area contributed by atoms with Crippen molar-refractivity contribution >= 4 is 59.3 Å². The number of amides is 1. The van der Waals surface area contributed by atoms with Crippen molar-refractivity contribution in [2.24, 2.45) is 0 Å². The van der Waals surface area contributed by atoms with Crippen LogP contribution in [0.4, 0.5) is 5.69 Å². The van der Waals surface area contributed by atoms with Gasteiger partial charge in [0, 0.05) is 21.1 Å². The summed E-state index contributed by atoms with van der Waals surface area (Å²) in [4.78, 5) is 35.4. The molecule has 0 saturated heterocycles. The SMILES string of the molecule is O=C(Cn1cnc2c(sc3nc(-c4ccccc4)ccc32)c1=O)Nc1cccc(Br)c1. The number of anilines is 1. The fourth-order valence-corrected chi connectivity index (χ4v) is 4.83. The monoisotopic (exact) mass is 490 g/mol. The molecule has 0 atom stereocenters. The van der Waals surface area contributed by atoms with Gasteiger partial charge in [-0.1, -0.05) is 52.3 Å². The van der Waals surface area contributed by atoms with Crippen molar-refractivity contribution in [3.8, 4) is 11.3 Å². The Morgan fingerprint density at radius 1 is 1.06 bits per heavy atom. The van der Waals surface area contributed by atoms with E-state index in [1.54, 1.807) is 12.1 Å². The molecule has 0 radical (unpaired) electrons. The summed E-state index contributed by atoms with van der Waals surface area (Å²) in [7, 11) is 0. The smallest absolute Gasteiger partial charge is 0.271 e. The van der Waals surface area contributed by atoms with Crippen LogP contribution in [-0.4, -0.2) is 20.4 Å². The first-order valence-corrected chi connectivity index (χ1v) is 11.1. The molecule has 0 aliphatic carbocycles. The average Bonchev–Trinajstić information content (AvgIpc) is 3.15. The Hall–Kier alpha value is -3.36. The number of benzene rings is 2. The van der Waals surface area contributed by atoms with E-state index < -0.39 is 0 Å². The Kier molecular flexibility index (Phi) is 5.09. The first-order valence-electron chi connectivity index (χ1n) is 9.48. The van der Waals surface area contributed by atoms with Gasteiger partial charge in [-0.25, -0.2) is 9.97 Å². The molecule has 3 heterocycles. The Bertz CT molecular complexity index is 1490. The van der Waals surface area contributed by atoms with Crippen molar-refractivity contribution in [3.05, 3.63) is 87.9 Å². The summed E-state index contributed by atoms with van der Waals surface area (Å²) >= 11 is 4.67. The Morgan fingerprint density at radius 3 is 2.71 bits per heavy atom. The predicted molar refractivity (Wildman–Crippen MR) is 127 cm³/mol. The minimum absolute atomic E-state index is 0.120. The quantitative estimate of drug-likeness (QED) is 0.381. The van der Waals surface area contributed by atoms with Crippen LogP contribution in [-0.2, 0) is 11.3 Å². The number of pyridine rings is 1. The van der Waals surface area contributed by atoms with Crippen LogP contribution in [0.2, 0.25) is 0 Å². The fourth-order valence-electron chi connectivity index (χ4n) is 3.35. The van der Waals surface area contributed by atoms with E-state index in [1.807, 2.05) is 54.6 Å². The van der Waals surface area contributed by atoms with Crippen LogP contribution in [0.5, 0.6) is 0 Å². The number of hydrogen-bond donors (Lipinski definition) is 1. The highest BCUT2D eigenvalue weighted by Crippen LogP contribution is 2.31. The zero-order valence-electron chi connectivity index (χ0n) is 16.1. The molecule has 8 heteroatoms. The third kappa shape index (κ3) is 3.87. The normalized spacial score (nSPS) is 11.1. The zero-order valence-corrected chi connectivity index (χ0v) is 18.5. The van der Waals surface area contributed by atoms with Gasteiger partial charge in [0.1, 0.15) is 16.1 Å². The summed E-state index contributed by atoms with van der Waals surface area (Å²) in [5.41, 5.74) is 2.87. The van der Waals surface area contributed by atoms with Crippen molar-refractivity contribution in [1.29, 1.82) is 0 Å². The number of halogens is 1. The minimum Gasteiger partial charge on any atom is -0.324 e. The van der Waals surface area contributed by atoms with Gasteiger partial charge in [-0.2, -0.15) is 0 Å². The molecule has 3 aromatic heterocycles. The van der Waals surface area contributed by atoms with Crippen molar-refractivity contribution < 1.29 is 4.79 Å². The molecule has 0 unspecified atom stereocenters. The summed E-state index contributed by atoms with van der Waals surface area (Å²) in [6.45, 7) is -0.120. The molecule has 31 heavy (non-hydrogen) atoms. The minimum atomic E-state index is -0.299. The molecule has 1 N–H and O–H groups in total. The van der Waals surface area contributed by atoms with Gasteiger partial charge in [-0.3, -0.25) is 14.2 Å². The standard InChI is InChI=1S/C23H15BrN4O2S/c24-15-7-4-8-16(11-15)26-19(29)12-28-13-25-20-17-9-10-18(14-5-2-1-3-6-14)27-22(17)31-21(20)23(28)30/h1-11,13H,12H2,(H,26,29). The van der Waals surface area contributed by atoms with E-state index >= 15 is 0 Å². The van der Waals surface area contributed by atoms with Crippen LogP contribution in [0.15, 0.2) is 82.3 Å². The van der Waals surface area contributed by atoms with Gasteiger partial charge in [0.15, 0.2) is 0 Å². The number of thiophene rings is 1. The van der Waals surface area contributed by atoms with E-state index in [9.17, 15) is 9.59 Å². The van der Waals surface area contributed by atoms with Gasteiger partial charge < -0.3 is 5.32 Å². The summed E-state index contributed by atoms with van der Waals surface area (Å²) in [6, 6.07) is 21.0. The number of nitrogens with zero attached hydrogens (tertiary/aromatic N) is 3. The van der Waals surface area contributed by atoms with Gasteiger partial charge in [0.25, 0.3) is 5.56 Å². The molecule has 0 spiro atoms. The second-order valence-electron chi connectivity index (χ2n) is 6.93. The first kappa shape index (κ1) is 19.6. The predicted octanol–water partition coefficient (Wildman–Crippen LogP) is 5.07. The van der Waals surface area contributed by atoms with E-state index in [1.165, 1.54) is 22.2 Å². The molecule has 0 saturated carbocycles. The van der Waals surface area contributed by atoms with E-state index in [-0.39, 0.29) is 18.0 Å². The van der Waals surface area contributed by atoms with E-state index in [2.05, 4.69) is 26.2 Å². The number of carbonyl (C=O) groups excluding carboxylic acids is 1. The summed E-state index contributed by atoms with van der Waals surface area (Å²) in [5.74, 6) is -0.299. The molecule has 0 fully saturated rings. The van der Waals surface area contributed by atoms with Crippen LogP contribution in [0.25, 0.3) is 31.7 Å². The maximum absolute atomic E-state index is 13.0. The third-order valence-electron chi connectivity index (χ3n) is 4.80. The average molecular weight is 491 g/mol. The number of carbonyl (C=O) groups is 1. The van der Waals surface area contributed by atoms with Gasteiger partial charge in [0.05, 0.1) is 17.5 Å². The maximum Gasteiger partial charge on any atom is 0.271 e. The van der Waals surface area contributed by atoms with Gasteiger partial charge >= 0.3 is 0 Å². The number of hydrogen-bond acceptors (Lipinski definition) is 5. The lowest BCUT2D eigenvalue weighted by Gasteiger charge is -2.07. The summed E-state index contributed by atoms with van der Waals surface area (Å²) in [6.07, 6.45) is 1.42. The second kappa shape index (κ2) is 8.05. The molecule has 1 amide bonds. The molecule has 152 valence electrons. The highest BCUT2D eigenvalue weighted by atomic mass is 79.9. The molecular weight excluding hydrogens is 476 g/mol. The molecule has 5 rings (SSSR count). The fraction of sp³-hybridized carbons (Fsp3) is 0.0435. The van der Waals surface area contributed by atoms with Crippen molar-refractivity contribution in [2.75, 3.05) is 5.32 Å². The Labute approximate surface area is 189 Å². The highest BCUT2D eigenvalue weighted by Gasteiger charge is 2.15. The lowest BCUT2D eigenvalue weighted by atomic mass is 10.1. The van der Waals surface area contributed by atoms with Crippen LogP contribution in [0.1, 0.15) is 0 Å². The van der Waals surface area contributed by atoms with E-state index in [0.29, 0.717) is 15.9 Å². The van der Waals surface area contributed by atoms with Crippen LogP contribution in [0.3, 0.4) is 0 Å². The topological polar surface area (TPSA) is 76.9 Å². The van der Waals surface area contributed by atoms with Crippen LogP contribution < -0.4 is 10.9 Å². The van der Waals surface area contributed by atoms with Crippen molar-refractivity contribution in [2.45, 2.75) is 6.54 Å². The summed E-state index contributed by atoms with van der Waals surface area (Å²) < 4.78 is 2.67. The lowest BCUT2D eigenvalue weighted by molar-refractivity contribution is -0.116. The van der Waals surface area contributed by atoms with Gasteiger partial charge in [-0.15, -0.1) is 11.3 Å². The van der Waals surface area contributed by atoms with E-state index in [0.717, 1.165) is 25.9 Å². The number of rotatable bonds is 4. The molecule has 0 aliphatic heterocycles. The maximum atomic E-state index is 13.0. The molecule has 2 aromatic carbocycles.